The van der Waals surface area contributed by atoms with Crippen LogP contribution in [-0.4, -0.2) is 24.1 Å². The number of benzene rings is 1. The second-order valence-corrected chi connectivity index (χ2v) is 6.77. The predicted octanol–water partition coefficient (Wildman–Crippen LogP) is 1.81. The third kappa shape index (κ3) is 3.98. The zero-order chi connectivity index (χ0) is 18.1. The van der Waals surface area contributed by atoms with Crippen LogP contribution in [0.3, 0.4) is 0 Å². The fraction of sp³-hybridized carbons (Fsp3) is 0.214. The Morgan fingerprint density at radius 3 is 2.67 bits per heavy atom. The van der Waals surface area contributed by atoms with Gasteiger partial charge in [0.2, 0.25) is 5.91 Å². The van der Waals surface area contributed by atoms with Crippen molar-refractivity contribution in [3.8, 4) is 0 Å². The minimum absolute atomic E-state index is 0.0839. The molecule has 0 aliphatic carbocycles. The SMILES string of the molecule is Cc1ccc(NC(=O)Cn2ncc(Cl)c(C)c2=O)cc1S(=O)(=O)F. The van der Waals surface area contributed by atoms with Gasteiger partial charge in [-0.1, -0.05) is 17.7 Å². The number of aryl methyl sites for hydroxylation is 1. The van der Waals surface area contributed by atoms with Gasteiger partial charge in [-0.25, -0.2) is 4.68 Å². The summed E-state index contributed by atoms with van der Waals surface area (Å²) in [5.74, 6) is -0.627. The first-order chi connectivity index (χ1) is 11.1. The maximum Gasteiger partial charge on any atom is 0.332 e. The lowest BCUT2D eigenvalue weighted by molar-refractivity contribution is -0.117. The number of hydrogen-bond acceptors (Lipinski definition) is 5. The summed E-state index contributed by atoms with van der Waals surface area (Å²) in [4.78, 5) is 23.4. The van der Waals surface area contributed by atoms with Crippen molar-refractivity contribution in [3.63, 3.8) is 0 Å². The van der Waals surface area contributed by atoms with Crippen molar-refractivity contribution >= 4 is 33.4 Å². The Bertz CT molecular complexity index is 972. The van der Waals surface area contributed by atoms with Crippen LogP contribution in [0.15, 0.2) is 34.1 Å². The largest absolute Gasteiger partial charge is 0.332 e. The molecule has 0 bridgehead atoms. The van der Waals surface area contributed by atoms with Gasteiger partial charge < -0.3 is 5.32 Å². The van der Waals surface area contributed by atoms with Crippen LogP contribution in [0.1, 0.15) is 11.1 Å². The molecule has 2 rings (SSSR count). The summed E-state index contributed by atoms with van der Waals surface area (Å²) in [6.45, 7) is 2.53. The molecule has 1 amide bonds. The van der Waals surface area contributed by atoms with Gasteiger partial charge in [0.25, 0.3) is 5.56 Å². The highest BCUT2D eigenvalue weighted by Crippen LogP contribution is 2.21. The number of nitrogens with zero attached hydrogens (tertiary/aromatic N) is 2. The Morgan fingerprint density at radius 2 is 2.04 bits per heavy atom. The molecule has 128 valence electrons. The zero-order valence-corrected chi connectivity index (χ0v) is 14.3. The van der Waals surface area contributed by atoms with Gasteiger partial charge in [0, 0.05) is 11.3 Å². The van der Waals surface area contributed by atoms with Crippen LogP contribution in [0.4, 0.5) is 9.57 Å². The first-order valence-corrected chi connectivity index (χ1v) is 8.43. The average molecular weight is 374 g/mol. The van der Waals surface area contributed by atoms with Crippen LogP contribution in [0.5, 0.6) is 0 Å². The molecule has 0 atom stereocenters. The lowest BCUT2D eigenvalue weighted by Crippen LogP contribution is -2.30. The van der Waals surface area contributed by atoms with Crippen LogP contribution in [0.25, 0.3) is 0 Å². The van der Waals surface area contributed by atoms with E-state index in [0.717, 1.165) is 10.7 Å². The molecule has 0 saturated heterocycles. The summed E-state index contributed by atoms with van der Waals surface area (Å²) in [5.41, 5.74) is 0.0245. The molecule has 0 fully saturated rings. The molecule has 24 heavy (non-hydrogen) atoms. The number of carbonyl (C=O) groups excluding carboxylic acids is 1. The first-order valence-electron chi connectivity index (χ1n) is 6.67. The lowest BCUT2D eigenvalue weighted by Gasteiger charge is -2.09. The van der Waals surface area contributed by atoms with E-state index >= 15 is 0 Å². The van der Waals surface area contributed by atoms with E-state index in [1.807, 2.05) is 0 Å². The maximum atomic E-state index is 13.2. The number of rotatable bonds is 4. The number of anilines is 1. The number of halogens is 2. The Morgan fingerprint density at radius 1 is 1.38 bits per heavy atom. The molecule has 0 aliphatic rings. The minimum atomic E-state index is -4.90. The van der Waals surface area contributed by atoms with Crippen molar-refractivity contribution in [2.24, 2.45) is 0 Å². The van der Waals surface area contributed by atoms with Crippen molar-refractivity contribution in [2.75, 3.05) is 5.32 Å². The van der Waals surface area contributed by atoms with Crippen LogP contribution < -0.4 is 10.9 Å². The molecular weight excluding hydrogens is 361 g/mol. The van der Waals surface area contributed by atoms with Crippen molar-refractivity contribution in [1.82, 2.24) is 9.78 Å². The Balaban J connectivity index is 2.22. The maximum absolute atomic E-state index is 13.2. The molecular formula is C14H13ClFN3O4S. The van der Waals surface area contributed by atoms with Crippen LogP contribution in [0, 0.1) is 13.8 Å². The van der Waals surface area contributed by atoms with E-state index in [2.05, 4.69) is 10.4 Å². The van der Waals surface area contributed by atoms with Crippen molar-refractivity contribution < 1.29 is 17.1 Å². The number of aromatic nitrogens is 2. The summed E-state index contributed by atoms with van der Waals surface area (Å²) in [7, 11) is -4.90. The van der Waals surface area contributed by atoms with Crippen LogP contribution >= 0.6 is 11.6 Å². The molecule has 1 aromatic heterocycles. The van der Waals surface area contributed by atoms with E-state index in [-0.39, 0.29) is 21.8 Å². The van der Waals surface area contributed by atoms with Gasteiger partial charge in [0.05, 0.1) is 11.2 Å². The van der Waals surface area contributed by atoms with Gasteiger partial charge in [-0.05, 0) is 31.5 Å². The molecule has 7 nitrogen and oxygen atoms in total. The molecule has 0 radical (unpaired) electrons. The number of nitrogens with one attached hydrogen (secondary N) is 1. The smallest absolute Gasteiger partial charge is 0.324 e. The Hall–Kier alpha value is -2.26. The summed E-state index contributed by atoms with van der Waals surface area (Å²) >= 11 is 5.76. The van der Waals surface area contributed by atoms with Gasteiger partial charge in [0.1, 0.15) is 11.4 Å². The summed E-state index contributed by atoms with van der Waals surface area (Å²) in [6.07, 6.45) is 1.24. The Kier molecular flexibility index (Phi) is 5.05. The summed E-state index contributed by atoms with van der Waals surface area (Å²) in [5, 5.41) is 6.32. The van der Waals surface area contributed by atoms with E-state index in [4.69, 9.17) is 11.6 Å². The third-order valence-corrected chi connectivity index (χ3v) is 4.60. The highest BCUT2D eigenvalue weighted by Gasteiger charge is 2.17. The molecule has 1 heterocycles. The van der Waals surface area contributed by atoms with Gasteiger partial charge in [-0.3, -0.25) is 9.59 Å². The second-order valence-electron chi connectivity index (χ2n) is 5.05. The van der Waals surface area contributed by atoms with E-state index in [1.54, 1.807) is 0 Å². The van der Waals surface area contributed by atoms with E-state index in [9.17, 15) is 21.9 Å². The fourth-order valence-corrected chi connectivity index (χ4v) is 2.80. The zero-order valence-electron chi connectivity index (χ0n) is 12.7. The van der Waals surface area contributed by atoms with Crippen LogP contribution in [0.2, 0.25) is 5.02 Å². The van der Waals surface area contributed by atoms with Gasteiger partial charge in [0.15, 0.2) is 0 Å². The predicted molar refractivity (Wildman–Crippen MR) is 86.3 cm³/mol. The monoisotopic (exact) mass is 373 g/mol. The molecule has 0 saturated carbocycles. The standard InChI is InChI=1S/C14H13ClFN3O4S/c1-8-3-4-10(5-12(8)24(16,22)23)18-13(20)7-19-14(21)9(2)11(15)6-17-19/h3-6H,7H2,1-2H3,(H,18,20). The fourth-order valence-electron chi connectivity index (χ4n) is 1.96. The Labute approximate surface area is 142 Å². The quantitative estimate of drug-likeness (QED) is 0.824. The average Bonchev–Trinajstić information content (AvgIpc) is 2.49. The molecule has 0 spiro atoms. The van der Waals surface area contributed by atoms with Crippen molar-refractivity contribution in [1.29, 1.82) is 0 Å². The van der Waals surface area contributed by atoms with Crippen molar-refractivity contribution in [2.45, 2.75) is 25.3 Å². The molecule has 0 unspecified atom stereocenters. The molecule has 0 aliphatic heterocycles. The minimum Gasteiger partial charge on any atom is -0.324 e. The van der Waals surface area contributed by atoms with Gasteiger partial charge >= 0.3 is 10.2 Å². The molecule has 1 aromatic carbocycles. The molecule has 1 N–H and O–H groups in total. The summed E-state index contributed by atoms with van der Waals surface area (Å²) < 4.78 is 36.2. The third-order valence-electron chi connectivity index (χ3n) is 3.25. The second kappa shape index (κ2) is 6.70. The van der Waals surface area contributed by atoms with E-state index in [0.29, 0.717) is 0 Å². The number of amides is 1. The van der Waals surface area contributed by atoms with E-state index < -0.39 is 33.1 Å². The van der Waals surface area contributed by atoms with E-state index in [1.165, 1.54) is 32.2 Å². The van der Waals surface area contributed by atoms with Gasteiger partial charge in [-0.2, -0.15) is 13.5 Å². The molecule has 10 heteroatoms. The normalized spacial score (nSPS) is 11.3. The molecule has 2 aromatic rings. The highest BCUT2D eigenvalue weighted by atomic mass is 35.5. The topological polar surface area (TPSA) is 98.1 Å². The highest BCUT2D eigenvalue weighted by molar-refractivity contribution is 7.86. The number of hydrogen-bond donors (Lipinski definition) is 1. The number of carbonyl (C=O) groups is 1. The summed E-state index contributed by atoms with van der Waals surface area (Å²) in [6, 6.07) is 3.79. The van der Waals surface area contributed by atoms with Crippen LogP contribution in [-0.2, 0) is 21.6 Å². The van der Waals surface area contributed by atoms with Gasteiger partial charge in [-0.15, -0.1) is 3.89 Å². The van der Waals surface area contributed by atoms with Crippen molar-refractivity contribution in [3.05, 3.63) is 50.9 Å². The first kappa shape index (κ1) is 18.1. The lowest BCUT2D eigenvalue weighted by atomic mass is 10.2.